The van der Waals surface area contributed by atoms with E-state index < -0.39 is 29.3 Å². The van der Waals surface area contributed by atoms with Gasteiger partial charge >= 0.3 is 12.4 Å². The molecule has 0 atom stereocenters. The molecular weight excluding hydrogens is 433 g/mol. The number of hydrogen-bond acceptors (Lipinski definition) is 5. The molecule has 4 aromatic rings. The van der Waals surface area contributed by atoms with Crippen molar-refractivity contribution in [1.82, 2.24) is 24.8 Å². The number of alkyl halides is 6. The highest BCUT2D eigenvalue weighted by molar-refractivity contribution is 5.67. The molecule has 0 aliphatic carbocycles. The van der Waals surface area contributed by atoms with Crippen molar-refractivity contribution in [3.8, 4) is 11.3 Å². The fourth-order valence-electron chi connectivity index (χ4n) is 2.81. The minimum Gasteiger partial charge on any atom is -0.323 e. The van der Waals surface area contributed by atoms with Gasteiger partial charge in [0, 0.05) is 17.4 Å². The predicted octanol–water partition coefficient (Wildman–Crippen LogP) is 5.11. The van der Waals surface area contributed by atoms with Gasteiger partial charge < -0.3 is 5.32 Å². The van der Waals surface area contributed by atoms with Gasteiger partial charge in [0.1, 0.15) is 5.82 Å². The highest BCUT2D eigenvalue weighted by atomic mass is 19.4. The van der Waals surface area contributed by atoms with E-state index in [1.165, 1.54) is 12.3 Å². The van der Waals surface area contributed by atoms with Gasteiger partial charge in [0.05, 0.1) is 23.0 Å². The molecule has 0 spiro atoms. The van der Waals surface area contributed by atoms with E-state index in [1.54, 1.807) is 0 Å². The van der Waals surface area contributed by atoms with Gasteiger partial charge in [-0.3, -0.25) is 4.98 Å². The Labute approximate surface area is 168 Å². The standard InChI is InChI=1S/C18H9F7N6/c19-13-4-3-10(7-12(13)18(23,24)25)28-16-30-29-14-6-9(8-27-31(14)16)15-11(17(20,21)22)2-1-5-26-15/h1-8H,(H,28,30). The van der Waals surface area contributed by atoms with Crippen LogP contribution in [0.25, 0.3) is 16.9 Å². The van der Waals surface area contributed by atoms with Crippen LogP contribution < -0.4 is 5.32 Å². The molecule has 1 N–H and O–H groups in total. The fourth-order valence-corrected chi connectivity index (χ4v) is 2.81. The fraction of sp³-hybridized carbons (Fsp3) is 0.111. The normalized spacial score (nSPS) is 12.4. The Bertz CT molecular complexity index is 1260. The number of aromatic nitrogens is 5. The maximum Gasteiger partial charge on any atom is 0.419 e. The summed E-state index contributed by atoms with van der Waals surface area (Å²) in [7, 11) is 0. The Morgan fingerprint density at radius 3 is 2.32 bits per heavy atom. The van der Waals surface area contributed by atoms with E-state index >= 15 is 0 Å². The van der Waals surface area contributed by atoms with Gasteiger partial charge in [-0.1, -0.05) is 0 Å². The van der Waals surface area contributed by atoms with Gasteiger partial charge in [-0.15, -0.1) is 10.2 Å². The van der Waals surface area contributed by atoms with Crippen molar-refractivity contribution in [3.63, 3.8) is 0 Å². The van der Waals surface area contributed by atoms with Crippen LogP contribution in [0.1, 0.15) is 11.1 Å². The minimum atomic E-state index is -4.90. The summed E-state index contributed by atoms with van der Waals surface area (Å²) >= 11 is 0. The van der Waals surface area contributed by atoms with Crippen molar-refractivity contribution in [1.29, 1.82) is 0 Å². The van der Waals surface area contributed by atoms with Crippen molar-refractivity contribution in [2.24, 2.45) is 0 Å². The van der Waals surface area contributed by atoms with Crippen LogP contribution in [0, 0.1) is 5.82 Å². The number of nitrogens with zero attached hydrogens (tertiary/aromatic N) is 5. The molecule has 6 nitrogen and oxygen atoms in total. The number of benzene rings is 1. The number of hydrogen-bond donors (Lipinski definition) is 1. The molecule has 0 unspecified atom stereocenters. The SMILES string of the molecule is Fc1ccc(Nc2nnc3cc(-c4ncccc4C(F)(F)F)cnn23)cc1C(F)(F)F. The summed E-state index contributed by atoms with van der Waals surface area (Å²) < 4.78 is 92.8. The monoisotopic (exact) mass is 442 g/mol. The topological polar surface area (TPSA) is 68.0 Å². The summed E-state index contributed by atoms with van der Waals surface area (Å²) in [5.41, 5.74) is -2.92. The molecule has 0 aliphatic heterocycles. The molecule has 3 heterocycles. The van der Waals surface area contributed by atoms with E-state index in [4.69, 9.17) is 0 Å². The molecule has 31 heavy (non-hydrogen) atoms. The quantitative estimate of drug-likeness (QED) is 0.447. The maximum absolute atomic E-state index is 13.4. The second-order valence-corrected chi connectivity index (χ2v) is 6.25. The number of rotatable bonds is 3. The number of fused-ring (bicyclic) bond motifs is 1. The molecule has 1 aromatic carbocycles. The zero-order valence-electron chi connectivity index (χ0n) is 15.0. The molecule has 0 bridgehead atoms. The third kappa shape index (κ3) is 3.98. The first-order chi connectivity index (χ1) is 14.5. The Morgan fingerprint density at radius 2 is 1.61 bits per heavy atom. The zero-order valence-corrected chi connectivity index (χ0v) is 15.0. The second kappa shape index (κ2) is 7.18. The molecule has 4 rings (SSSR count). The lowest BCUT2D eigenvalue weighted by Gasteiger charge is -2.12. The average Bonchev–Trinajstić information content (AvgIpc) is 3.10. The van der Waals surface area contributed by atoms with Crippen molar-refractivity contribution < 1.29 is 30.7 Å². The van der Waals surface area contributed by atoms with Crippen molar-refractivity contribution >= 4 is 17.3 Å². The van der Waals surface area contributed by atoms with Crippen molar-refractivity contribution in [2.45, 2.75) is 12.4 Å². The number of nitrogens with one attached hydrogen (secondary N) is 1. The Morgan fingerprint density at radius 1 is 0.871 bits per heavy atom. The third-order valence-corrected chi connectivity index (χ3v) is 4.18. The van der Waals surface area contributed by atoms with Crippen LogP contribution in [0.4, 0.5) is 42.4 Å². The molecule has 13 heteroatoms. The summed E-state index contributed by atoms with van der Waals surface area (Å²) in [5, 5.41) is 14.0. The van der Waals surface area contributed by atoms with Crippen LogP contribution in [0.2, 0.25) is 0 Å². The van der Waals surface area contributed by atoms with E-state index in [2.05, 4.69) is 25.6 Å². The van der Waals surface area contributed by atoms with Crippen LogP contribution in [0.5, 0.6) is 0 Å². The smallest absolute Gasteiger partial charge is 0.323 e. The Kier molecular flexibility index (Phi) is 4.75. The van der Waals surface area contributed by atoms with Gasteiger partial charge in [-0.05, 0) is 36.4 Å². The summed E-state index contributed by atoms with van der Waals surface area (Å²) in [6.45, 7) is 0. The molecule has 0 saturated heterocycles. The maximum atomic E-state index is 13.4. The summed E-state index contributed by atoms with van der Waals surface area (Å²) in [4.78, 5) is 3.76. The molecular formula is C18H9F7N6. The minimum absolute atomic E-state index is 0.0111. The van der Waals surface area contributed by atoms with Crippen molar-refractivity contribution in [2.75, 3.05) is 5.32 Å². The molecule has 0 saturated carbocycles. The first-order valence-corrected chi connectivity index (χ1v) is 8.42. The van der Waals surface area contributed by atoms with E-state index in [-0.39, 0.29) is 28.5 Å². The first-order valence-electron chi connectivity index (χ1n) is 8.42. The van der Waals surface area contributed by atoms with Crippen LogP contribution in [-0.4, -0.2) is 24.8 Å². The van der Waals surface area contributed by atoms with Crippen LogP contribution >= 0.6 is 0 Å². The van der Waals surface area contributed by atoms with Crippen LogP contribution in [0.3, 0.4) is 0 Å². The Hall–Kier alpha value is -3.77. The van der Waals surface area contributed by atoms with E-state index in [0.29, 0.717) is 12.1 Å². The van der Waals surface area contributed by atoms with Gasteiger partial charge in [-0.25, -0.2) is 4.39 Å². The Balaban J connectivity index is 1.70. The average molecular weight is 442 g/mol. The van der Waals surface area contributed by atoms with Gasteiger partial charge in [-0.2, -0.15) is 36.0 Å². The molecule has 0 fully saturated rings. The van der Waals surface area contributed by atoms with Gasteiger partial charge in [0.15, 0.2) is 5.65 Å². The van der Waals surface area contributed by atoms with Crippen LogP contribution in [-0.2, 0) is 12.4 Å². The number of anilines is 2. The number of halogens is 7. The lowest BCUT2D eigenvalue weighted by Crippen LogP contribution is -2.09. The summed E-state index contributed by atoms with van der Waals surface area (Å²) in [6, 6.07) is 5.51. The lowest BCUT2D eigenvalue weighted by molar-refractivity contribution is -0.140. The predicted molar refractivity (Wildman–Crippen MR) is 93.7 cm³/mol. The molecule has 160 valence electrons. The molecule has 0 radical (unpaired) electrons. The molecule has 0 aliphatic rings. The number of pyridine rings is 1. The summed E-state index contributed by atoms with van der Waals surface area (Å²) in [5.74, 6) is -1.57. The highest BCUT2D eigenvalue weighted by Crippen LogP contribution is 2.36. The third-order valence-electron chi connectivity index (χ3n) is 4.18. The summed E-state index contributed by atoms with van der Waals surface area (Å²) in [6.07, 6.45) is -7.27. The largest absolute Gasteiger partial charge is 0.419 e. The second-order valence-electron chi connectivity index (χ2n) is 6.25. The van der Waals surface area contributed by atoms with E-state index in [1.807, 2.05) is 0 Å². The lowest BCUT2D eigenvalue weighted by atomic mass is 10.1. The molecule has 3 aromatic heterocycles. The highest BCUT2D eigenvalue weighted by Gasteiger charge is 2.35. The van der Waals surface area contributed by atoms with E-state index in [9.17, 15) is 30.7 Å². The zero-order chi connectivity index (χ0) is 22.4. The van der Waals surface area contributed by atoms with Crippen LogP contribution in [0.15, 0.2) is 48.8 Å². The molecule has 0 amide bonds. The van der Waals surface area contributed by atoms with Gasteiger partial charge in [0.25, 0.3) is 0 Å². The van der Waals surface area contributed by atoms with E-state index in [0.717, 1.165) is 28.9 Å². The first kappa shape index (κ1) is 20.5. The van der Waals surface area contributed by atoms with Crippen molar-refractivity contribution in [3.05, 3.63) is 65.7 Å². The van der Waals surface area contributed by atoms with Gasteiger partial charge in [0.2, 0.25) is 5.95 Å².